The lowest BCUT2D eigenvalue weighted by Gasteiger charge is -2.19. The number of rotatable bonds is 5. The maximum atomic E-state index is 5.63. The Hall–Kier alpha value is -1.06. The summed E-state index contributed by atoms with van der Waals surface area (Å²) in [4.78, 5) is 0. The molecule has 2 aliphatic rings. The van der Waals surface area contributed by atoms with Crippen molar-refractivity contribution >= 4 is 5.69 Å². The van der Waals surface area contributed by atoms with Gasteiger partial charge in [0, 0.05) is 25.4 Å². The minimum absolute atomic E-state index is 0.500. The third-order valence-corrected chi connectivity index (χ3v) is 4.10. The van der Waals surface area contributed by atoms with Crippen molar-refractivity contribution in [1.82, 2.24) is 5.32 Å². The molecule has 104 valence electrons. The van der Waals surface area contributed by atoms with Crippen LogP contribution in [-0.4, -0.2) is 25.8 Å². The number of anilines is 1. The Morgan fingerprint density at radius 3 is 3.21 bits per heavy atom. The molecule has 2 heterocycles. The van der Waals surface area contributed by atoms with Gasteiger partial charge in [0.15, 0.2) is 0 Å². The Morgan fingerprint density at radius 2 is 2.32 bits per heavy atom. The summed E-state index contributed by atoms with van der Waals surface area (Å²) in [6, 6.07) is 6.81. The second-order valence-electron chi connectivity index (χ2n) is 5.62. The molecule has 1 aromatic rings. The van der Waals surface area contributed by atoms with Crippen LogP contribution in [0.25, 0.3) is 0 Å². The lowest BCUT2D eigenvalue weighted by Crippen LogP contribution is -2.20. The molecule has 1 unspecified atom stereocenters. The SMILES string of the molecule is c1cc2c(cc1CNCCC1CCCO1)CCCN2. The lowest BCUT2D eigenvalue weighted by atomic mass is 10.0. The number of hydrogen-bond donors (Lipinski definition) is 2. The Labute approximate surface area is 115 Å². The number of fused-ring (bicyclic) bond motifs is 1. The van der Waals surface area contributed by atoms with E-state index in [9.17, 15) is 0 Å². The zero-order chi connectivity index (χ0) is 12.9. The first kappa shape index (κ1) is 12.9. The number of ether oxygens (including phenoxy) is 1. The molecule has 0 aromatic heterocycles. The average Bonchev–Trinajstić information content (AvgIpc) is 2.97. The van der Waals surface area contributed by atoms with Crippen molar-refractivity contribution in [2.45, 2.75) is 44.8 Å². The van der Waals surface area contributed by atoms with Crippen molar-refractivity contribution in [3.63, 3.8) is 0 Å². The van der Waals surface area contributed by atoms with E-state index in [1.165, 1.54) is 42.5 Å². The third-order valence-electron chi connectivity index (χ3n) is 4.10. The Bertz CT molecular complexity index is 413. The zero-order valence-corrected chi connectivity index (χ0v) is 11.6. The number of nitrogens with one attached hydrogen (secondary N) is 2. The minimum atomic E-state index is 0.500. The predicted molar refractivity (Wildman–Crippen MR) is 78.6 cm³/mol. The molecular weight excluding hydrogens is 236 g/mol. The molecule has 1 atom stereocenters. The van der Waals surface area contributed by atoms with Gasteiger partial charge in [-0.2, -0.15) is 0 Å². The summed E-state index contributed by atoms with van der Waals surface area (Å²) < 4.78 is 5.63. The van der Waals surface area contributed by atoms with E-state index in [1.54, 1.807) is 0 Å². The molecule has 1 saturated heterocycles. The lowest BCUT2D eigenvalue weighted by molar-refractivity contribution is 0.104. The largest absolute Gasteiger partial charge is 0.385 e. The van der Waals surface area contributed by atoms with Gasteiger partial charge in [-0.1, -0.05) is 12.1 Å². The number of benzene rings is 1. The highest BCUT2D eigenvalue weighted by Gasteiger charge is 2.14. The van der Waals surface area contributed by atoms with E-state index in [0.717, 1.165) is 32.7 Å². The van der Waals surface area contributed by atoms with E-state index in [4.69, 9.17) is 4.74 Å². The van der Waals surface area contributed by atoms with E-state index in [1.807, 2.05) is 0 Å². The molecule has 1 aromatic carbocycles. The van der Waals surface area contributed by atoms with Crippen molar-refractivity contribution in [2.75, 3.05) is 25.0 Å². The molecule has 1 fully saturated rings. The van der Waals surface area contributed by atoms with E-state index in [-0.39, 0.29) is 0 Å². The van der Waals surface area contributed by atoms with Gasteiger partial charge in [-0.05, 0) is 55.8 Å². The predicted octanol–water partition coefficient (Wildman–Crippen LogP) is 2.70. The minimum Gasteiger partial charge on any atom is -0.385 e. The monoisotopic (exact) mass is 260 g/mol. The van der Waals surface area contributed by atoms with Gasteiger partial charge in [-0.15, -0.1) is 0 Å². The standard InChI is InChI=1S/C16H24N2O/c1-3-14-11-13(5-6-16(14)18-8-1)12-17-9-7-15-4-2-10-19-15/h5-6,11,15,17-18H,1-4,7-10,12H2. The fraction of sp³-hybridized carbons (Fsp3) is 0.625. The number of hydrogen-bond acceptors (Lipinski definition) is 3. The van der Waals surface area contributed by atoms with Crippen molar-refractivity contribution in [3.05, 3.63) is 29.3 Å². The van der Waals surface area contributed by atoms with E-state index >= 15 is 0 Å². The van der Waals surface area contributed by atoms with Gasteiger partial charge in [0.05, 0.1) is 6.10 Å². The summed E-state index contributed by atoms with van der Waals surface area (Å²) in [6.07, 6.45) is 6.59. The molecule has 3 rings (SSSR count). The summed E-state index contributed by atoms with van der Waals surface area (Å²) in [5, 5.41) is 6.99. The second kappa shape index (κ2) is 6.40. The van der Waals surface area contributed by atoms with Crippen molar-refractivity contribution < 1.29 is 4.74 Å². The molecule has 0 saturated carbocycles. The Balaban J connectivity index is 1.44. The molecule has 19 heavy (non-hydrogen) atoms. The average molecular weight is 260 g/mol. The first-order valence-corrected chi connectivity index (χ1v) is 7.60. The quantitative estimate of drug-likeness (QED) is 0.799. The van der Waals surface area contributed by atoms with E-state index in [0.29, 0.717) is 6.10 Å². The van der Waals surface area contributed by atoms with Crippen molar-refractivity contribution in [3.8, 4) is 0 Å². The van der Waals surface area contributed by atoms with Crippen LogP contribution in [0.5, 0.6) is 0 Å². The maximum Gasteiger partial charge on any atom is 0.0588 e. The van der Waals surface area contributed by atoms with Gasteiger partial charge in [-0.25, -0.2) is 0 Å². The Kier molecular flexibility index (Phi) is 4.36. The van der Waals surface area contributed by atoms with Crippen molar-refractivity contribution in [1.29, 1.82) is 0 Å². The summed E-state index contributed by atoms with van der Waals surface area (Å²) in [5.41, 5.74) is 4.20. The fourth-order valence-corrected chi connectivity index (χ4v) is 3.01. The highest BCUT2D eigenvalue weighted by Crippen LogP contribution is 2.22. The smallest absolute Gasteiger partial charge is 0.0588 e. The zero-order valence-electron chi connectivity index (χ0n) is 11.6. The van der Waals surface area contributed by atoms with Crippen molar-refractivity contribution in [2.24, 2.45) is 0 Å². The molecule has 2 N–H and O–H groups in total. The molecule has 0 radical (unpaired) electrons. The van der Waals surface area contributed by atoms with Crippen LogP contribution >= 0.6 is 0 Å². The molecule has 2 aliphatic heterocycles. The molecule has 0 amide bonds. The van der Waals surface area contributed by atoms with Crippen LogP contribution in [0.3, 0.4) is 0 Å². The molecule has 0 aliphatic carbocycles. The van der Waals surface area contributed by atoms with Gasteiger partial charge < -0.3 is 15.4 Å². The highest BCUT2D eigenvalue weighted by atomic mass is 16.5. The van der Waals surface area contributed by atoms with Gasteiger partial charge in [0.25, 0.3) is 0 Å². The molecule has 3 heteroatoms. The number of aryl methyl sites for hydroxylation is 1. The Morgan fingerprint density at radius 1 is 1.32 bits per heavy atom. The normalized spacial score (nSPS) is 22.0. The van der Waals surface area contributed by atoms with Gasteiger partial charge in [0.1, 0.15) is 0 Å². The van der Waals surface area contributed by atoms with Crippen LogP contribution in [0, 0.1) is 0 Å². The van der Waals surface area contributed by atoms with Crippen LogP contribution in [0.1, 0.15) is 36.8 Å². The fourth-order valence-electron chi connectivity index (χ4n) is 3.01. The van der Waals surface area contributed by atoms with Gasteiger partial charge in [0.2, 0.25) is 0 Å². The van der Waals surface area contributed by atoms with E-state index < -0.39 is 0 Å². The summed E-state index contributed by atoms with van der Waals surface area (Å²) in [5.74, 6) is 0. The van der Waals surface area contributed by atoms with Crippen LogP contribution in [0.15, 0.2) is 18.2 Å². The van der Waals surface area contributed by atoms with Crippen LogP contribution in [-0.2, 0) is 17.7 Å². The van der Waals surface area contributed by atoms with Gasteiger partial charge >= 0.3 is 0 Å². The molecular formula is C16H24N2O. The summed E-state index contributed by atoms with van der Waals surface area (Å²) >= 11 is 0. The molecule has 3 nitrogen and oxygen atoms in total. The molecule has 0 spiro atoms. The highest BCUT2D eigenvalue weighted by molar-refractivity contribution is 5.54. The summed E-state index contributed by atoms with van der Waals surface area (Å²) in [7, 11) is 0. The molecule has 0 bridgehead atoms. The second-order valence-corrected chi connectivity index (χ2v) is 5.62. The maximum absolute atomic E-state index is 5.63. The third kappa shape index (κ3) is 3.48. The van der Waals surface area contributed by atoms with Crippen LogP contribution < -0.4 is 10.6 Å². The first-order valence-electron chi connectivity index (χ1n) is 7.60. The summed E-state index contributed by atoms with van der Waals surface area (Å²) in [6.45, 7) is 4.11. The topological polar surface area (TPSA) is 33.3 Å². The van der Waals surface area contributed by atoms with E-state index in [2.05, 4.69) is 28.8 Å². The van der Waals surface area contributed by atoms with Crippen LogP contribution in [0.4, 0.5) is 5.69 Å². The van der Waals surface area contributed by atoms with Crippen LogP contribution in [0.2, 0.25) is 0 Å². The van der Waals surface area contributed by atoms with Gasteiger partial charge in [-0.3, -0.25) is 0 Å². The first-order chi connectivity index (χ1) is 9.42.